The maximum absolute atomic E-state index is 15.0. The van der Waals surface area contributed by atoms with Crippen LogP contribution in [0.3, 0.4) is 0 Å². The summed E-state index contributed by atoms with van der Waals surface area (Å²) >= 11 is 0. The van der Waals surface area contributed by atoms with E-state index in [1.165, 1.54) is 22.9 Å². The van der Waals surface area contributed by atoms with Crippen LogP contribution in [0.15, 0.2) is 102 Å². The van der Waals surface area contributed by atoms with Crippen LogP contribution in [0, 0.1) is 0 Å². The number of piperazine rings is 1. The van der Waals surface area contributed by atoms with E-state index >= 15 is 0 Å². The number of nitrogens with one attached hydrogen (secondary N) is 1. The summed E-state index contributed by atoms with van der Waals surface area (Å²) in [6.45, 7) is 4.97. The number of alkyl halides is 1. The van der Waals surface area contributed by atoms with Crippen molar-refractivity contribution in [1.82, 2.24) is 10.2 Å². The maximum Gasteiger partial charge on any atom is 0.271 e. The number of hydrogen-bond donors (Lipinski definition) is 1. The molecule has 1 amide bonds. The lowest BCUT2D eigenvalue weighted by molar-refractivity contribution is -0.127. The minimum absolute atomic E-state index is 0.143. The first kappa shape index (κ1) is 25.9. The van der Waals surface area contributed by atoms with Gasteiger partial charge in [-0.15, -0.1) is 0 Å². The highest BCUT2D eigenvalue weighted by atomic mass is 19.1. The largest absolute Gasteiger partial charge is 0.494 e. The van der Waals surface area contributed by atoms with Crippen molar-refractivity contribution < 1.29 is 18.3 Å². The second-order valence-corrected chi connectivity index (χ2v) is 10.2. The molecule has 1 fully saturated rings. The lowest BCUT2D eigenvalue weighted by Crippen LogP contribution is -2.50. The van der Waals surface area contributed by atoms with Crippen molar-refractivity contribution in [3.8, 4) is 5.75 Å². The number of carbonyl (C=O) groups is 1. The summed E-state index contributed by atoms with van der Waals surface area (Å²) in [5, 5.41) is 5.63. The van der Waals surface area contributed by atoms with E-state index in [-0.39, 0.29) is 12.3 Å². The summed E-state index contributed by atoms with van der Waals surface area (Å²) in [5.41, 5.74) is 2.57. The lowest BCUT2D eigenvalue weighted by Gasteiger charge is -2.36. The van der Waals surface area contributed by atoms with Crippen molar-refractivity contribution in [2.45, 2.75) is 25.7 Å². The first-order chi connectivity index (χ1) is 19.5. The molecule has 0 aromatic heterocycles. The number of hydrogen-bond acceptors (Lipinski definition) is 5. The fraction of sp³-hybridized carbons (Fsp3) is 0.281. The minimum atomic E-state index is -1.35. The summed E-state index contributed by atoms with van der Waals surface area (Å²) in [6, 6.07) is 22.2. The Labute approximate surface area is 232 Å². The van der Waals surface area contributed by atoms with Crippen molar-refractivity contribution in [1.29, 1.82) is 0 Å². The van der Waals surface area contributed by atoms with E-state index in [9.17, 15) is 13.6 Å². The van der Waals surface area contributed by atoms with Gasteiger partial charge in [0, 0.05) is 61.8 Å². The van der Waals surface area contributed by atoms with Gasteiger partial charge >= 0.3 is 0 Å². The average molecular weight is 543 g/mol. The number of halogens is 2. The van der Waals surface area contributed by atoms with Crippen LogP contribution in [-0.2, 0) is 4.79 Å². The summed E-state index contributed by atoms with van der Waals surface area (Å²) in [7, 11) is 0. The molecule has 2 heterocycles. The second-order valence-electron chi connectivity index (χ2n) is 10.2. The van der Waals surface area contributed by atoms with Crippen LogP contribution in [-0.4, -0.2) is 55.9 Å². The monoisotopic (exact) mass is 542 g/mol. The van der Waals surface area contributed by atoms with E-state index in [1.54, 1.807) is 6.20 Å². The Morgan fingerprint density at radius 1 is 0.975 bits per heavy atom. The Balaban J connectivity index is 1.21. The number of benzene rings is 3. The van der Waals surface area contributed by atoms with Crippen molar-refractivity contribution in [2.75, 3.05) is 42.6 Å². The van der Waals surface area contributed by atoms with Gasteiger partial charge < -0.3 is 24.8 Å². The molecule has 1 aliphatic carbocycles. The third-order valence-corrected chi connectivity index (χ3v) is 7.63. The third-order valence-electron chi connectivity index (χ3n) is 7.63. The van der Waals surface area contributed by atoms with Gasteiger partial charge in [0.15, 0.2) is 0 Å². The second kappa shape index (κ2) is 11.0. The van der Waals surface area contributed by atoms with Crippen LogP contribution in [0.25, 0.3) is 10.8 Å². The molecule has 1 unspecified atom stereocenters. The SMILES string of the molecule is CCOc1cccc(N2C=C(C(=O)N3CCN(c4ccc5ccccc5c4)CC3)N[C@H]2C2=C(F)CC(F)C=C2)c1. The number of nitrogens with zero attached hydrogens (tertiary/aromatic N) is 3. The number of rotatable bonds is 6. The van der Waals surface area contributed by atoms with E-state index in [0.717, 1.165) is 11.4 Å². The van der Waals surface area contributed by atoms with Crippen molar-refractivity contribution in [2.24, 2.45) is 0 Å². The molecule has 206 valence electrons. The van der Waals surface area contributed by atoms with Crippen LogP contribution in [0.4, 0.5) is 20.2 Å². The first-order valence-electron chi connectivity index (χ1n) is 13.7. The molecule has 3 aromatic carbocycles. The third kappa shape index (κ3) is 5.13. The summed E-state index contributed by atoms with van der Waals surface area (Å²) in [6.07, 6.45) is 2.22. The molecule has 0 spiro atoms. The Kier molecular flexibility index (Phi) is 7.15. The van der Waals surface area contributed by atoms with Crippen molar-refractivity contribution in [3.63, 3.8) is 0 Å². The molecular formula is C32H32F2N4O2. The van der Waals surface area contributed by atoms with Crippen LogP contribution in [0.5, 0.6) is 5.75 Å². The van der Waals surface area contributed by atoms with Crippen LogP contribution >= 0.6 is 0 Å². The standard InChI is InChI=1S/C32H32F2N4O2/c1-2-40-27-9-5-8-26(20-27)38-21-30(35-31(38)28-13-11-24(33)19-29(28)34)32(39)37-16-14-36(15-17-37)25-12-10-22-6-3-4-7-23(22)18-25/h3-13,18,20-21,24,31,35H,2,14-17,19H2,1H3/t24?,31-/m1/s1. The molecule has 6 nitrogen and oxygen atoms in total. The van der Waals surface area contributed by atoms with Gasteiger partial charge in [-0.3, -0.25) is 4.79 Å². The molecule has 3 aromatic rings. The summed E-state index contributed by atoms with van der Waals surface area (Å²) in [4.78, 5) is 19.6. The highest BCUT2D eigenvalue weighted by Crippen LogP contribution is 2.34. The summed E-state index contributed by atoms with van der Waals surface area (Å²) < 4.78 is 34.5. The van der Waals surface area contributed by atoms with Crippen LogP contribution in [0.2, 0.25) is 0 Å². The van der Waals surface area contributed by atoms with Gasteiger partial charge in [0.05, 0.1) is 6.61 Å². The molecule has 0 bridgehead atoms. The predicted molar refractivity (Wildman–Crippen MR) is 155 cm³/mol. The van der Waals surface area contributed by atoms with E-state index in [1.807, 2.05) is 53.1 Å². The van der Waals surface area contributed by atoms with Gasteiger partial charge in [0.2, 0.25) is 0 Å². The fourth-order valence-electron chi connectivity index (χ4n) is 5.54. The number of allylic oxidation sites excluding steroid dienone is 2. The highest BCUT2D eigenvalue weighted by Gasteiger charge is 2.36. The number of ether oxygens (including phenoxy) is 1. The fourth-order valence-corrected chi connectivity index (χ4v) is 5.54. The number of anilines is 2. The van der Waals surface area contributed by atoms with E-state index in [0.29, 0.717) is 49.8 Å². The van der Waals surface area contributed by atoms with Gasteiger partial charge in [-0.2, -0.15) is 0 Å². The number of amides is 1. The molecule has 6 rings (SSSR count). The van der Waals surface area contributed by atoms with E-state index < -0.39 is 18.2 Å². The van der Waals surface area contributed by atoms with Gasteiger partial charge in [0.1, 0.15) is 29.6 Å². The lowest BCUT2D eigenvalue weighted by atomic mass is 10.0. The molecule has 0 saturated carbocycles. The number of carbonyl (C=O) groups excluding carboxylic acids is 1. The van der Waals surface area contributed by atoms with Gasteiger partial charge in [-0.1, -0.05) is 42.5 Å². The molecule has 2 aliphatic heterocycles. The molecule has 1 N–H and O–H groups in total. The average Bonchev–Trinajstić information content (AvgIpc) is 3.42. The minimum Gasteiger partial charge on any atom is -0.494 e. The zero-order chi connectivity index (χ0) is 27.6. The zero-order valence-corrected chi connectivity index (χ0v) is 22.4. The molecule has 0 radical (unpaired) electrons. The van der Waals surface area contributed by atoms with E-state index in [2.05, 4.69) is 40.5 Å². The van der Waals surface area contributed by atoms with Gasteiger partial charge in [0.25, 0.3) is 5.91 Å². The molecule has 8 heteroatoms. The van der Waals surface area contributed by atoms with E-state index in [4.69, 9.17) is 4.74 Å². The predicted octanol–water partition coefficient (Wildman–Crippen LogP) is 5.69. The van der Waals surface area contributed by atoms with Crippen LogP contribution < -0.4 is 19.9 Å². The van der Waals surface area contributed by atoms with Crippen LogP contribution in [0.1, 0.15) is 13.3 Å². The molecule has 40 heavy (non-hydrogen) atoms. The summed E-state index contributed by atoms with van der Waals surface area (Å²) in [5.74, 6) is 0.00884. The first-order valence-corrected chi connectivity index (χ1v) is 13.7. The normalized spacial score (nSPS) is 21.1. The number of fused-ring (bicyclic) bond motifs is 1. The van der Waals surface area contributed by atoms with Crippen molar-refractivity contribution in [3.05, 3.63) is 102 Å². The van der Waals surface area contributed by atoms with Gasteiger partial charge in [-0.05, 0) is 48.0 Å². The molecule has 2 atom stereocenters. The quantitative estimate of drug-likeness (QED) is 0.434. The molecular weight excluding hydrogens is 510 g/mol. The Hall–Kier alpha value is -4.33. The Morgan fingerprint density at radius 2 is 1.77 bits per heavy atom. The smallest absolute Gasteiger partial charge is 0.271 e. The Bertz CT molecular complexity index is 1510. The van der Waals surface area contributed by atoms with Gasteiger partial charge in [-0.25, -0.2) is 8.78 Å². The van der Waals surface area contributed by atoms with Crippen molar-refractivity contribution >= 4 is 28.1 Å². The topological polar surface area (TPSA) is 48.1 Å². The molecule has 1 saturated heterocycles. The molecule has 3 aliphatic rings. The zero-order valence-electron chi connectivity index (χ0n) is 22.4. The Morgan fingerprint density at radius 3 is 2.55 bits per heavy atom. The maximum atomic E-state index is 15.0. The highest BCUT2D eigenvalue weighted by molar-refractivity contribution is 5.95.